The summed E-state index contributed by atoms with van der Waals surface area (Å²) in [7, 11) is 1.71. The van der Waals surface area contributed by atoms with Gasteiger partial charge in [0.15, 0.2) is 0 Å². The first-order valence-electron chi connectivity index (χ1n) is 5.76. The molecule has 0 atom stereocenters. The molecule has 1 saturated heterocycles. The van der Waals surface area contributed by atoms with Gasteiger partial charge >= 0.3 is 7.12 Å². The summed E-state index contributed by atoms with van der Waals surface area (Å²) >= 11 is 0. The van der Waals surface area contributed by atoms with Gasteiger partial charge in [0.05, 0.1) is 12.2 Å². The Balaban J connectivity index is 2.06. The number of nitrogens with zero attached hydrogens (tertiary/aromatic N) is 2. The quantitative estimate of drug-likeness (QED) is 0.688. The molecule has 5 heteroatoms. The van der Waals surface area contributed by atoms with Crippen LogP contribution in [0.2, 0.25) is 0 Å². The molecule has 0 N–H and O–H groups in total. The smallest absolute Gasteiger partial charge is 0.404 e. The van der Waals surface area contributed by atoms with Gasteiger partial charge in [-0.15, -0.1) is 0 Å². The minimum atomic E-state index is -0.280. The lowest BCUT2D eigenvalue weighted by Crippen LogP contribution is -2.35. The molecule has 0 aliphatic carbocycles. The molecule has 3 heterocycles. The Bertz CT molecular complexity index is 565. The van der Waals surface area contributed by atoms with Crippen LogP contribution in [0, 0.1) is 0 Å². The van der Waals surface area contributed by atoms with Gasteiger partial charge < -0.3 is 13.9 Å². The maximum Gasteiger partial charge on any atom is 0.495 e. The first-order valence-corrected chi connectivity index (χ1v) is 5.76. The van der Waals surface area contributed by atoms with E-state index in [1.165, 1.54) is 0 Å². The van der Waals surface area contributed by atoms with Crippen LogP contribution >= 0.6 is 0 Å². The van der Waals surface area contributed by atoms with Crippen LogP contribution in [0.15, 0.2) is 24.5 Å². The molecule has 1 aliphatic rings. The van der Waals surface area contributed by atoms with Gasteiger partial charge in [-0.25, -0.2) is 4.98 Å². The SMILES string of the molecule is Cn1ccc2c(B3OCC(C)(C)O3)ccnc21. The van der Waals surface area contributed by atoms with E-state index in [1.807, 2.05) is 37.7 Å². The summed E-state index contributed by atoms with van der Waals surface area (Å²) in [5.41, 5.74) is 1.80. The Morgan fingerprint density at radius 1 is 1.41 bits per heavy atom. The lowest BCUT2D eigenvalue weighted by atomic mass is 9.78. The van der Waals surface area contributed by atoms with Gasteiger partial charge in [0.1, 0.15) is 5.65 Å². The molecule has 0 spiro atoms. The third-order valence-electron chi connectivity index (χ3n) is 3.06. The summed E-state index contributed by atoms with van der Waals surface area (Å²) in [6.07, 6.45) is 3.80. The largest absolute Gasteiger partial charge is 0.495 e. The van der Waals surface area contributed by atoms with E-state index >= 15 is 0 Å². The summed E-state index contributed by atoms with van der Waals surface area (Å²) < 4.78 is 13.6. The Morgan fingerprint density at radius 2 is 2.24 bits per heavy atom. The minimum Gasteiger partial charge on any atom is -0.404 e. The predicted octanol–water partition coefficient (Wildman–Crippen LogP) is 1.09. The normalized spacial score (nSPS) is 19.1. The number of pyridine rings is 1. The van der Waals surface area contributed by atoms with Gasteiger partial charge in [-0.2, -0.15) is 0 Å². The average molecular weight is 230 g/mol. The number of fused-ring (bicyclic) bond motifs is 1. The molecule has 2 aromatic rings. The zero-order valence-electron chi connectivity index (χ0n) is 10.3. The van der Waals surface area contributed by atoms with Gasteiger partial charge in [-0.05, 0) is 31.4 Å². The van der Waals surface area contributed by atoms with Crippen LogP contribution in [-0.2, 0) is 16.4 Å². The highest BCUT2D eigenvalue weighted by Crippen LogP contribution is 2.21. The van der Waals surface area contributed by atoms with Crippen molar-refractivity contribution in [3.05, 3.63) is 24.5 Å². The van der Waals surface area contributed by atoms with Crippen molar-refractivity contribution >= 4 is 23.6 Å². The first kappa shape index (κ1) is 10.8. The molecule has 1 aliphatic heterocycles. The van der Waals surface area contributed by atoms with Crippen molar-refractivity contribution in [1.29, 1.82) is 0 Å². The summed E-state index contributed by atoms with van der Waals surface area (Å²) in [5.74, 6) is 0. The molecule has 4 nitrogen and oxygen atoms in total. The van der Waals surface area contributed by atoms with Gasteiger partial charge in [0.2, 0.25) is 0 Å². The van der Waals surface area contributed by atoms with E-state index in [1.54, 1.807) is 6.20 Å². The zero-order valence-corrected chi connectivity index (χ0v) is 10.3. The Morgan fingerprint density at radius 3 is 2.94 bits per heavy atom. The Labute approximate surface area is 101 Å². The lowest BCUT2D eigenvalue weighted by molar-refractivity contribution is 0.137. The molecule has 0 radical (unpaired) electrons. The van der Waals surface area contributed by atoms with Crippen LogP contribution in [-0.4, -0.2) is 28.9 Å². The summed E-state index contributed by atoms with van der Waals surface area (Å²) in [4.78, 5) is 4.36. The molecule has 3 rings (SSSR count). The summed E-state index contributed by atoms with van der Waals surface area (Å²) in [6, 6.07) is 4.02. The number of aromatic nitrogens is 2. The fourth-order valence-corrected chi connectivity index (χ4v) is 2.18. The van der Waals surface area contributed by atoms with Gasteiger partial charge in [0.25, 0.3) is 0 Å². The van der Waals surface area contributed by atoms with Gasteiger partial charge in [-0.3, -0.25) is 0 Å². The molecule has 0 saturated carbocycles. The second kappa shape index (κ2) is 3.58. The van der Waals surface area contributed by atoms with Crippen LogP contribution < -0.4 is 5.46 Å². The van der Waals surface area contributed by atoms with Crippen molar-refractivity contribution in [3.63, 3.8) is 0 Å². The van der Waals surface area contributed by atoms with Crippen molar-refractivity contribution < 1.29 is 9.31 Å². The Hall–Kier alpha value is -1.33. The van der Waals surface area contributed by atoms with Gasteiger partial charge in [0, 0.05) is 24.8 Å². The van der Waals surface area contributed by atoms with Crippen LogP contribution in [0.5, 0.6) is 0 Å². The second-order valence-electron chi connectivity index (χ2n) is 5.08. The fraction of sp³-hybridized carbons (Fsp3) is 0.417. The van der Waals surface area contributed by atoms with Crippen molar-refractivity contribution in [1.82, 2.24) is 9.55 Å². The molecule has 0 amide bonds. The maximum absolute atomic E-state index is 5.89. The highest BCUT2D eigenvalue weighted by atomic mass is 16.7. The molecule has 0 unspecified atom stereocenters. The second-order valence-corrected chi connectivity index (χ2v) is 5.08. The van der Waals surface area contributed by atoms with Crippen molar-refractivity contribution in [2.75, 3.05) is 6.61 Å². The van der Waals surface area contributed by atoms with E-state index in [9.17, 15) is 0 Å². The molecular weight excluding hydrogens is 215 g/mol. The molecule has 1 fully saturated rings. The highest BCUT2D eigenvalue weighted by Gasteiger charge is 2.39. The average Bonchev–Trinajstić information content (AvgIpc) is 2.83. The van der Waals surface area contributed by atoms with Crippen molar-refractivity contribution in [2.24, 2.45) is 7.05 Å². The van der Waals surface area contributed by atoms with Gasteiger partial charge in [-0.1, -0.05) is 0 Å². The molecule has 0 bridgehead atoms. The highest BCUT2D eigenvalue weighted by molar-refractivity contribution is 6.64. The third kappa shape index (κ3) is 1.75. The molecule has 2 aromatic heterocycles. The molecule has 17 heavy (non-hydrogen) atoms. The van der Waals surface area contributed by atoms with E-state index in [4.69, 9.17) is 9.31 Å². The Kier molecular flexibility index (Phi) is 2.28. The van der Waals surface area contributed by atoms with E-state index < -0.39 is 0 Å². The summed E-state index contributed by atoms with van der Waals surface area (Å²) in [5, 5.41) is 1.10. The van der Waals surface area contributed by atoms with E-state index in [0.717, 1.165) is 16.5 Å². The molecule has 88 valence electrons. The van der Waals surface area contributed by atoms with Crippen LogP contribution in [0.3, 0.4) is 0 Å². The van der Waals surface area contributed by atoms with Crippen molar-refractivity contribution in [3.8, 4) is 0 Å². The number of hydrogen-bond acceptors (Lipinski definition) is 3. The van der Waals surface area contributed by atoms with Crippen LogP contribution in [0.25, 0.3) is 11.0 Å². The molecule has 0 aromatic carbocycles. The number of rotatable bonds is 1. The zero-order chi connectivity index (χ0) is 12.0. The standard InChI is InChI=1S/C12H15BN2O2/c1-12(2)8-16-13(17-12)10-4-6-14-11-9(10)5-7-15(11)3/h4-7H,8H2,1-3H3. The first-order chi connectivity index (χ1) is 8.07. The minimum absolute atomic E-state index is 0.213. The molecular formula is C12H15BN2O2. The number of hydrogen-bond donors (Lipinski definition) is 0. The monoisotopic (exact) mass is 230 g/mol. The van der Waals surface area contributed by atoms with E-state index in [2.05, 4.69) is 11.1 Å². The summed E-state index contributed by atoms with van der Waals surface area (Å²) in [6.45, 7) is 4.70. The van der Waals surface area contributed by atoms with Crippen LogP contribution in [0.1, 0.15) is 13.8 Å². The predicted molar refractivity (Wildman–Crippen MR) is 67.2 cm³/mol. The fourth-order valence-electron chi connectivity index (χ4n) is 2.18. The van der Waals surface area contributed by atoms with E-state index in [0.29, 0.717) is 6.61 Å². The van der Waals surface area contributed by atoms with Crippen molar-refractivity contribution in [2.45, 2.75) is 19.4 Å². The lowest BCUT2D eigenvalue weighted by Gasteiger charge is -2.15. The van der Waals surface area contributed by atoms with E-state index in [-0.39, 0.29) is 12.7 Å². The van der Waals surface area contributed by atoms with Crippen LogP contribution in [0.4, 0.5) is 0 Å². The maximum atomic E-state index is 5.89. The number of aryl methyl sites for hydroxylation is 1. The third-order valence-corrected chi connectivity index (χ3v) is 3.06. The topological polar surface area (TPSA) is 36.3 Å².